The van der Waals surface area contributed by atoms with Crippen LogP contribution < -0.4 is 10.3 Å². The van der Waals surface area contributed by atoms with Gasteiger partial charge in [0.2, 0.25) is 0 Å². The Morgan fingerprint density at radius 1 is 0.925 bits per heavy atom. The fraction of sp³-hybridized carbons (Fsp3) is 0.241. The number of ether oxygens (including phenoxy) is 3. The van der Waals surface area contributed by atoms with Crippen molar-refractivity contribution < 1.29 is 19.3 Å². The first kappa shape index (κ1) is 24.9. The topological polar surface area (TPSA) is 135 Å². The lowest BCUT2D eigenvalue weighted by Crippen LogP contribution is -2.34. The number of hydrogen-bond donors (Lipinski definition) is 3. The standard InChI is InChI=1S/C29H24ClN5O5/c1-14-10-19(28(37)35-34-14)17-6-2-15(3-7-17)16-4-8-18(9-5-16)24-20(30)11-21-27(32-24)33-29(31-21)40-23-13-39-25-22(36)12-38-26(23)25/h2-11,22-23,25-26,36H,12-13H2,1H3,(H,35,37)(H,31,32,33)/t22-,23-,25-,26-/m1/s1. The number of fused-ring (bicyclic) bond motifs is 2. The Labute approximate surface area is 232 Å². The molecular formula is C29H24ClN5O5. The van der Waals surface area contributed by atoms with E-state index >= 15 is 0 Å². The van der Waals surface area contributed by atoms with Crippen molar-refractivity contribution in [1.82, 2.24) is 25.1 Å². The number of aliphatic hydroxyl groups is 1. The number of imidazole rings is 1. The smallest absolute Gasteiger partial charge is 0.296 e. The Balaban J connectivity index is 1.11. The first-order valence-corrected chi connectivity index (χ1v) is 13.2. The number of nitrogens with one attached hydrogen (secondary N) is 2. The Kier molecular flexibility index (Phi) is 6.12. The van der Waals surface area contributed by atoms with Crippen LogP contribution in [0.25, 0.3) is 44.7 Å². The molecule has 2 aromatic carbocycles. The van der Waals surface area contributed by atoms with Crippen molar-refractivity contribution in [2.24, 2.45) is 0 Å². The van der Waals surface area contributed by atoms with Crippen LogP contribution in [-0.2, 0) is 9.47 Å². The second kappa shape index (κ2) is 9.83. The lowest BCUT2D eigenvalue weighted by molar-refractivity contribution is 0.00706. The minimum atomic E-state index is -0.648. The molecule has 10 nitrogen and oxygen atoms in total. The third-order valence-corrected chi connectivity index (χ3v) is 7.56. The van der Waals surface area contributed by atoms with Gasteiger partial charge in [-0.1, -0.05) is 60.1 Å². The number of halogens is 1. The molecule has 5 heterocycles. The molecule has 2 aliphatic heterocycles. The summed E-state index contributed by atoms with van der Waals surface area (Å²) in [5.74, 6) is 0. The Hall–Kier alpha value is -4.09. The number of rotatable bonds is 5. The summed E-state index contributed by atoms with van der Waals surface area (Å²) in [6.07, 6.45) is -1.75. The summed E-state index contributed by atoms with van der Waals surface area (Å²) < 4.78 is 17.2. The van der Waals surface area contributed by atoms with Gasteiger partial charge in [0.1, 0.15) is 18.3 Å². The van der Waals surface area contributed by atoms with Crippen molar-refractivity contribution in [1.29, 1.82) is 0 Å². The average Bonchev–Trinajstić information content (AvgIpc) is 3.66. The molecule has 40 heavy (non-hydrogen) atoms. The quantitative estimate of drug-likeness (QED) is 0.296. The van der Waals surface area contributed by atoms with E-state index in [0.29, 0.717) is 34.1 Å². The molecule has 0 bridgehead atoms. The Morgan fingerprint density at radius 3 is 2.35 bits per heavy atom. The molecule has 0 saturated carbocycles. The van der Waals surface area contributed by atoms with Crippen molar-refractivity contribution in [2.45, 2.75) is 31.3 Å². The highest BCUT2D eigenvalue weighted by molar-refractivity contribution is 6.33. The van der Waals surface area contributed by atoms with Crippen LogP contribution in [-0.4, -0.2) is 67.9 Å². The molecule has 0 radical (unpaired) electrons. The highest BCUT2D eigenvalue weighted by Crippen LogP contribution is 2.33. The number of aromatic nitrogens is 5. The number of hydrogen-bond acceptors (Lipinski definition) is 8. The number of aromatic amines is 2. The van der Waals surface area contributed by atoms with E-state index < -0.39 is 6.10 Å². The molecule has 0 aliphatic carbocycles. The van der Waals surface area contributed by atoms with Crippen LogP contribution in [0, 0.1) is 6.92 Å². The summed E-state index contributed by atoms with van der Waals surface area (Å²) in [4.78, 5) is 24.5. The second-order valence-electron chi connectivity index (χ2n) is 9.96. The average molecular weight is 558 g/mol. The zero-order valence-corrected chi connectivity index (χ0v) is 22.1. The minimum absolute atomic E-state index is 0.219. The van der Waals surface area contributed by atoms with Crippen molar-refractivity contribution in [3.8, 4) is 39.5 Å². The molecule has 202 valence electrons. The normalized spacial score (nSPS) is 22.1. The monoisotopic (exact) mass is 557 g/mol. The van der Waals surface area contributed by atoms with Crippen LogP contribution in [0.1, 0.15) is 5.69 Å². The summed E-state index contributed by atoms with van der Waals surface area (Å²) in [6, 6.07) is 19.6. The lowest BCUT2D eigenvalue weighted by Gasteiger charge is -2.15. The molecule has 0 unspecified atom stereocenters. The molecular weight excluding hydrogens is 534 g/mol. The lowest BCUT2D eigenvalue weighted by atomic mass is 9.99. The van der Waals surface area contributed by atoms with Crippen molar-refractivity contribution in [3.05, 3.63) is 81.7 Å². The summed E-state index contributed by atoms with van der Waals surface area (Å²) in [5.41, 5.74) is 6.53. The van der Waals surface area contributed by atoms with E-state index in [1.807, 2.05) is 55.5 Å². The molecule has 0 amide bonds. The Bertz CT molecular complexity index is 1770. The highest BCUT2D eigenvalue weighted by atomic mass is 35.5. The van der Waals surface area contributed by atoms with Gasteiger partial charge in [0, 0.05) is 5.56 Å². The fourth-order valence-corrected chi connectivity index (χ4v) is 5.49. The van der Waals surface area contributed by atoms with Gasteiger partial charge in [-0.2, -0.15) is 10.1 Å². The van der Waals surface area contributed by atoms with Gasteiger partial charge in [-0.25, -0.2) is 10.1 Å². The molecule has 3 aromatic heterocycles. The molecule has 2 fully saturated rings. The number of benzene rings is 2. The molecule has 11 heteroatoms. The predicted molar refractivity (Wildman–Crippen MR) is 148 cm³/mol. The fourth-order valence-electron chi connectivity index (χ4n) is 5.23. The van der Waals surface area contributed by atoms with E-state index in [2.05, 4.69) is 25.1 Å². The molecule has 7 rings (SSSR count). The van der Waals surface area contributed by atoms with Crippen molar-refractivity contribution >= 4 is 22.8 Å². The van der Waals surface area contributed by atoms with E-state index in [1.54, 1.807) is 12.1 Å². The maximum absolute atomic E-state index is 12.2. The zero-order valence-electron chi connectivity index (χ0n) is 21.3. The van der Waals surface area contributed by atoms with Gasteiger partial charge in [-0.05, 0) is 35.7 Å². The maximum atomic E-state index is 12.2. The van der Waals surface area contributed by atoms with E-state index in [4.69, 9.17) is 25.8 Å². The number of H-pyrrole nitrogens is 2. The molecule has 2 aliphatic rings. The van der Waals surface area contributed by atoms with E-state index in [0.717, 1.165) is 27.9 Å². The third kappa shape index (κ3) is 4.44. The predicted octanol–water partition coefficient (Wildman–Crippen LogP) is 3.91. The molecule has 4 atom stereocenters. The first-order valence-electron chi connectivity index (χ1n) is 12.8. The second-order valence-corrected chi connectivity index (χ2v) is 10.4. The van der Waals surface area contributed by atoms with Gasteiger partial charge in [-0.3, -0.25) is 4.79 Å². The molecule has 5 aromatic rings. The third-order valence-electron chi connectivity index (χ3n) is 7.27. The minimum Gasteiger partial charge on any atom is -0.456 e. The van der Waals surface area contributed by atoms with Crippen molar-refractivity contribution in [3.63, 3.8) is 0 Å². The van der Waals surface area contributed by atoms with E-state index in [-0.39, 0.29) is 36.5 Å². The number of nitrogens with zero attached hydrogens (tertiary/aromatic N) is 3. The summed E-state index contributed by atoms with van der Waals surface area (Å²) in [7, 11) is 0. The van der Waals surface area contributed by atoms with Gasteiger partial charge in [0.05, 0.1) is 40.7 Å². The van der Waals surface area contributed by atoms with Crippen LogP contribution in [0.4, 0.5) is 0 Å². The van der Waals surface area contributed by atoms with Crippen molar-refractivity contribution in [2.75, 3.05) is 13.2 Å². The van der Waals surface area contributed by atoms with Crippen LogP contribution in [0.2, 0.25) is 5.02 Å². The van der Waals surface area contributed by atoms with E-state index in [1.165, 1.54) is 0 Å². The number of pyridine rings is 1. The molecule has 2 saturated heterocycles. The first-order chi connectivity index (χ1) is 19.4. The van der Waals surface area contributed by atoms with Crippen LogP contribution in [0.5, 0.6) is 6.01 Å². The summed E-state index contributed by atoms with van der Waals surface area (Å²) in [6.45, 7) is 2.37. The van der Waals surface area contributed by atoms with Crippen LogP contribution in [0.15, 0.2) is 65.5 Å². The maximum Gasteiger partial charge on any atom is 0.296 e. The van der Waals surface area contributed by atoms with E-state index in [9.17, 15) is 9.90 Å². The Morgan fingerprint density at radius 2 is 1.60 bits per heavy atom. The van der Waals surface area contributed by atoms with Crippen LogP contribution in [0.3, 0.4) is 0 Å². The SMILES string of the molecule is Cc1cc(-c2ccc(-c3ccc(-c4nc5nc(O[C@@H]6CO[C@H]7[C@@H]6OC[C@H]7O)[nH]c5cc4Cl)cc3)cc2)c(=O)[nH]n1. The zero-order chi connectivity index (χ0) is 27.4. The molecule has 3 N–H and O–H groups in total. The highest BCUT2D eigenvalue weighted by Gasteiger charge is 2.48. The van der Waals surface area contributed by atoms with Crippen LogP contribution >= 0.6 is 11.6 Å². The molecule has 0 spiro atoms. The van der Waals surface area contributed by atoms with Gasteiger partial charge < -0.3 is 24.3 Å². The van der Waals surface area contributed by atoms with Gasteiger partial charge in [0.25, 0.3) is 11.6 Å². The van der Waals surface area contributed by atoms with Gasteiger partial charge in [0.15, 0.2) is 11.8 Å². The summed E-state index contributed by atoms with van der Waals surface area (Å²) >= 11 is 6.61. The van der Waals surface area contributed by atoms with Gasteiger partial charge in [-0.15, -0.1) is 0 Å². The summed E-state index contributed by atoms with van der Waals surface area (Å²) in [5, 5.41) is 16.9. The number of aliphatic hydroxyl groups excluding tert-OH is 1. The van der Waals surface area contributed by atoms with Gasteiger partial charge >= 0.3 is 0 Å². The number of aryl methyl sites for hydroxylation is 1. The largest absolute Gasteiger partial charge is 0.456 e.